The third kappa shape index (κ3) is 4.23. The molecule has 5 heterocycles. The predicted molar refractivity (Wildman–Crippen MR) is 153 cm³/mol. The highest BCUT2D eigenvalue weighted by molar-refractivity contribution is 7.19. The Morgan fingerprint density at radius 2 is 1.97 bits per heavy atom. The van der Waals surface area contributed by atoms with E-state index in [4.69, 9.17) is 4.98 Å². The average molecular weight is 533 g/mol. The molecule has 0 amide bonds. The maximum absolute atomic E-state index is 10.9. The molecular formula is C28H36N8OS. The van der Waals surface area contributed by atoms with E-state index in [1.54, 1.807) is 17.7 Å². The number of piperidine rings is 1. The zero-order chi connectivity index (χ0) is 25.8. The third-order valence-electron chi connectivity index (χ3n) is 8.91. The van der Waals surface area contributed by atoms with Gasteiger partial charge < -0.3 is 20.2 Å². The minimum atomic E-state index is -0.327. The summed E-state index contributed by atoms with van der Waals surface area (Å²) >= 11 is 1.77. The summed E-state index contributed by atoms with van der Waals surface area (Å²) in [7, 11) is 4.36. The van der Waals surface area contributed by atoms with Gasteiger partial charge in [0.15, 0.2) is 0 Å². The molecular weight excluding hydrogens is 496 g/mol. The second-order valence-corrected chi connectivity index (χ2v) is 12.4. The van der Waals surface area contributed by atoms with Crippen LogP contribution in [0.5, 0.6) is 0 Å². The van der Waals surface area contributed by atoms with Crippen LogP contribution in [0, 0.1) is 5.92 Å². The second kappa shape index (κ2) is 9.75. The quantitative estimate of drug-likeness (QED) is 0.343. The topological polar surface area (TPSA) is 96.4 Å². The average Bonchev–Trinajstić information content (AvgIpc) is 3.51. The molecule has 7 rings (SSSR count). The third-order valence-corrected chi connectivity index (χ3v) is 10.1. The van der Waals surface area contributed by atoms with Gasteiger partial charge in [-0.15, -0.1) is 11.3 Å². The van der Waals surface area contributed by atoms with E-state index in [1.807, 2.05) is 6.20 Å². The number of hydrogen-bond donors (Lipinski definition) is 3. The molecule has 2 atom stereocenters. The first-order chi connectivity index (χ1) is 18.5. The molecule has 0 bridgehead atoms. The van der Waals surface area contributed by atoms with Crippen LogP contribution < -0.4 is 10.2 Å². The summed E-state index contributed by atoms with van der Waals surface area (Å²) in [6, 6.07) is 5.04. The SMILES string of the molecule is CN(C)C1CCN(c2cc3[nH]ncc3cc2Nc2ncnc3sc4c(c23)CCC(C(O)N2CCC2)C4)CC1. The molecule has 2 aliphatic heterocycles. The monoisotopic (exact) mass is 532 g/mol. The molecule has 2 unspecified atom stereocenters. The zero-order valence-corrected chi connectivity index (χ0v) is 23.0. The van der Waals surface area contributed by atoms with Gasteiger partial charge in [-0.1, -0.05) is 0 Å². The van der Waals surface area contributed by atoms with Gasteiger partial charge in [0.1, 0.15) is 23.2 Å². The van der Waals surface area contributed by atoms with Crippen LogP contribution in [-0.4, -0.2) is 87.6 Å². The molecule has 4 aromatic rings. The fourth-order valence-electron chi connectivity index (χ4n) is 6.48. The fourth-order valence-corrected chi connectivity index (χ4v) is 7.76. The summed E-state index contributed by atoms with van der Waals surface area (Å²) in [5.74, 6) is 1.17. The van der Waals surface area contributed by atoms with Crippen LogP contribution in [0.4, 0.5) is 17.2 Å². The number of aryl methyl sites for hydroxylation is 1. The number of thiophene rings is 1. The van der Waals surface area contributed by atoms with Crippen LogP contribution >= 0.6 is 11.3 Å². The summed E-state index contributed by atoms with van der Waals surface area (Å²) in [5.41, 5.74) is 4.65. The lowest BCUT2D eigenvalue weighted by Gasteiger charge is -2.40. The number of nitrogens with zero attached hydrogens (tertiary/aromatic N) is 6. The molecule has 0 saturated carbocycles. The Balaban J connectivity index is 1.21. The molecule has 3 aromatic heterocycles. The first kappa shape index (κ1) is 24.3. The Morgan fingerprint density at radius 1 is 1.13 bits per heavy atom. The molecule has 2 saturated heterocycles. The van der Waals surface area contributed by atoms with Crippen molar-refractivity contribution in [1.29, 1.82) is 0 Å². The van der Waals surface area contributed by atoms with Crippen molar-refractivity contribution < 1.29 is 5.11 Å². The highest BCUT2D eigenvalue weighted by atomic mass is 32.1. The fraction of sp³-hybridized carbons (Fsp3) is 0.536. The standard InChI is InChI=1S/C28H36N8OS/c1-34(2)19-6-10-35(11-7-19)23-14-21-18(15-31-33-21)12-22(23)32-26-25-20-5-4-17(28(37)36-8-3-9-36)13-24(20)38-27(25)30-16-29-26/h12,14-17,19,28,37H,3-11,13H2,1-2H3,(H,31,33)(H,29,30,32). The van der Waals surface area contributed by atoms with Gasteiger partial charge in [-0.05, 0) is 70.3 Å². The van der Waals surface area contributed by atoms with E-state index in [0.29, 0.717) is 12.0 Å². The Hall–Kier alpha value is -2.79. The first-order valence-corrected chi connectivity index (χ1v) is 14.7. The van der Waals surface area contributed by atoms with Crippen molar-refractivity contribution in [1.82, 2.24) is 30.0 Å². The van der Waals surface area contributed by atoms with Crippen molar-refractivity contribution in [2.24, 2.45) is 5.92 Å². The lowest BCUT2D eigenvalue weighted by Crippen LogP contribution is -2.49. The van der Waals surface area contributed by atoms with Gasteiger partial charge >= 0.3 is 0 Å². The molecule has 0 radical (unpaired) electrons. The van der Waals surface area contributed by atoms with E-state index in [0.717, 1.165) is 90.9 Å². The van der Waals surface area contributed by atoms with Crippen LogP contribution in [0.3, 0.4) is 0 Å². The van der Waals surface area contributed by atoms with Crippen molar-refractivity contribution in [2.75, 3.05) is 50.5 Å². The minimum Gasteiger partial charge on any atom is -0.378 e. The van der Waals surface area contributed by atoms with Gasteiger partial charge in [0.25, 0.3) is 0 Å². The lowest BCUT2D eigenvalue weighted by atomic mass is 9.85. The Bertz CT molecular complexity index is 1450. The van der Waals surface area contributed by atoms with E-state index in [1.165, 1.54) is 22.5 Å². The number of rotatable bonds is 6. The molecule has 1 aromatic carbocycles. The van der Waals surface area contributed by atoms with E-state index in [2.05, 4.69) is 61.4 Å². The van der Waals surface area contributed by atoms with E-state index in [-0.39, 0.29) is 6.23 Å². The first-order valence-electron chi connectivity index (χ1n) is 13.9. The summed E-state index contributed by atoms with van der Waals surface area (Å²) in [4.78, 5) is 18.9. The molecule has 2 fully saturated rings. The number of aliphatic hydroxyl groups excluding tert-OH is 1. The number of hydrogen-bond acceptors (Lipinski definition) is 9. The van der Waals surface area contributed by atoms with Gasteiger partial charge in [-0.2, -0.15) is 5.10 Å². The van der Waals surface area contributed by atoms with Gasteiger partial charge in [0, 0.05) is 48.4 Å². The van der Waals surface area contributed by atoms with Crippen LogP contribution in [0.15, 0.2) is 24.7 Å². The normalized spacial score (nSPS) is 21.7. The predicted octanol–water partition coefficient (Wildman–Crippen LogP) is 3.97. The zero-order valence-electron chi connectivity index (χ0n) is 22.2. The summed E-state index contributed by atoms with van der Waals surface area (Å²) < 4.78 is 0. The van der Waals surface area contributed by atoms with E-state index < -0.39 is 0 Å². The molecule has 9 nitrogen and oxygen atoms in total. The maximum atomic E-state index is 10.9. The van der Waals surface area contributed by atoms with Crippen LogP contribution in [0.1, 0.15) is 36.1 Å². The Morgan fingerprint density at radius 3 is 2.74 bits per heavy atom. The van der Waals surface area contributed by atoms with E-state index >= 15 is 0 Å². The maximum Gasteiger partial charge on any atom is 0.142 e. The summed E-state index contributed by atoms with van der Waals surface area (Å²) in [6.07, 6.45) is 9.60. The second-order valence-electron chi connectivity index (χ2n) is 11.3. The van der Waals surface area contributed by atoms with Crippen molar-refractivity contribution in [3.05, 3.63) is 35.1 Å². The van der Waals surface area contributed by atoms with Gasteiger partial charge in [-0.25, -0.2) is 9.97 Å². The summed E-state index contributed by atoms with van der Waals surface area (Å²) in [5, 5.41) is 24.3. The molecule has 3 N–H and O–H groups in total. The number of aromatic amines is 1. The number of anilines is 3. The number of fused-ring (bicyclic) bond motifs is 4. The van der Waals surface area contributed by atoms with Crippen molar-refractivity contribution in [2.45, 2.75) is 50.8 Å². The molecule has 200 valence electrons. The van der Waals surface area contributed by atoms with Gasteiger partial charge in [0.05, 0.1) is 28.5 Å². The number of benzene rings is 1. The highest BCUT2D eigenvalue weighted by Crippen LogP contribution is 2.43. The number of aromatic nitrogens is 4. The van der Waals surface area contributed by atoms with Gasteiger partial charge in [0.2, 0.25) is 0 Å². The van der Waals surface area contributed by atoms with Crippen molar-refractivity contribution in [3.63, 3.8) is 0 Å². The molecule has 1 aliphatic carbocycles. The Kier molecular flexibility index (Phi) is 6.23. The number of aliphatic hydroxyl groups is 1. The molecule has 3 aliphatic rings. The van der Waals surface area contributed by atoms with Crippen LogP contribution in [0.2, 0.25) is 0 Å². The largest absolute Gasteiger partial charge is 0.378 e. The minimum absolute atomic E-state index is 0.292. The highest BCUT2D eigenvalue weighted by Gasteiger charge is 2.34. The molecule has 0 spiro atoms. The number of nitrogens with one attached hydrogen (secondary N) is 2. The van der Waals surface area contributed by atoms with Gasteiger partial charge in [-0.3, -0.25) is 10.00 Å². The smallest absolute Gasteiger partial charge is 0.142 e. The molecule has 38 heavy (non-hydrogen) atoms. The Labute approximate surface area is 226 Å². The molecule has 10 heteroatoms. The number of likely N-dealkylation sites (tertiary alicyclic amines) is 1. The summed E-state index contributed by atoms with van der Waals surface area (Å²) in [6.45, 7) is 4.08. The van der Waals surface area contributed by atoms with Crippen LogP contribution in [-0.2, 0) is 12.8 Å². The van der Waals surface area contributed by atoms with Crippen LogP contribution in [0.25, 0.3) is 21.1 Å². The van der Waals surface area contributed by atoms with E-state index in [9.17, 15) is 5.11 Å². The lowest BCUT2D eigenvalue weighted by molar-refractivity contribution is -0.0744. The van der Waals surface area contributed by atoms with Crippen molar-refractivity contribution >= 4 is 49.6 Å². The van der Waals surface area contributed by atoms with Crippen molar-refractivity contribution in [3.8, 4) is 0 Å². The number of H-pyrrole nitrogens is 1.